The lowest BCUT2D eigenvalue weighted by Crippen LogP contribution is -2.42. The second kappa shape index (κ2) is 5.96. The molecule has 0 spiro atoms. The molecule has 0 unspecified atom stereocenters. The van der Waals surface area contributed by atoms with Gasteiger partial charge in [0.15, 0.2) is 0 Å². The average Bonchev–Trinajstić information content (AvgIpc) is 2.72. The van der Waals surface area contributed by atoms with Crippen LogP contribution in [0.3, 0.4) is 0 Å². The van der Waals surface area contributed by atoms with Crippen molar-refractivity contribution in [3.63, 3.8) is 0 Å². The number of nitrogens with zero attached hydrogens (tertiary/aromatic N) is 4. The van der Waals surface area contributed by atoms with E-state index in [0.29, 0.717) is 10.4 Å². The van der Waals surface area contributed by atoms with E-state index in [1.54, 1.807) is 18.2 Å². The second-order valence-electron chi connectivity index (χ2n) is 3.93. The lowest BCUT2D eigenvalue weighted by Gasteiger charge is -2.15. The van der Waals surface area contributed by atoms with Gasteiger partial charge < -0.3 is 10.6 Å². The van der Waals surface area contributed by atoms with Gasteiger partial charge in [0.25, 0.3) is 0 Å². The van der Waals surface area contributed by atoms with E-state index in [1.165, 1.54) is 0 Å². The van der Waals surface area contributed by atoms with Gasteiger partial charge in [-0.3, -0.25) is 4.79 Å². The first-order chi connectivity index (χ1) is 9.11. The summed E-state index contributed by atoms with van der Waals surface area (Å²) in [5, 5.41) is 8.54. The predicted molar refractivity (Wildman–Crippen MR) is 70.2 cm³/mol. The Balaban J connectivity index is 2.09. The average molecular weight is 329 g/mol. The van der Waals surface area contributed by atoms with Crippen molar-refractivity contribution >= 4 is 27.7 Å². The highest BCUT2D eigenvalue weighted by atomic mass is 79.9. The minimum Gasteiger partial charge on any atom is -0.309 e. The fourth-order valence-corrected chi connectivity index (χ4v) is 2.16. The smallest absolute Gasteiger partial charge is 0.243 e. The molecular weight excluding hydrogens is 319 g/mol. The molecule has 0 aliphatic carbocycles. The van der Waals surface area contributed by atoms with E-state index in [4.69, 9.17) is 5.53 Å². The van der Waals surface area contributed by atoms with Crippen LogP contribution >= 0.6 is 15.9 Å². The van der Waals surface area contributed by atoms with Crippen LogP contribution in [0.2, 0.25) is 0 Å². The topological polar surface area (TPSA) is 103 Å². The molecule has 0 bridgehead atoms. The van der Waals surface area contributed by atoms with Crippen LogP contribution in [0.1, 0.15) is 0 Å². The number of carbonyl (C=O) groups is 1. The Labute approximate surface area is 116 Å². The Morgan fingerprint density at radius 3 is 3.16 bits per heavy atom. The summed E-state index contributed by atoms with van der Waals surface area (Å²) in [6.45, 7) is -0.0202. The van der Waals surface area contributed by atoms with Gasteiger partial charge in [-0.15, -0.1) is 0 Å². The molecule has 1 aliphatic rings. The lowest BCUT2D eigenvalue weighted by atomic mass is 10.1. The molecule has 9 heteroatoms. The summed E-state index contributed by atoms with van der Waals surface area (Å²) < 4.78 is 14.0. The minimum atomic E-state index is -1.37. The molecule has 1 saturated heterocycles. The molecule has 1 fully saturated rings. The van der Waals surface area contributed by atoms with Crippen molar-refractivity contribution in [3.8, 4) is 0 Å². The molecule has 3 atom stereocenters. The normalized spacial score (nSPS) is 25.7. The van der Waals surface area contributed by atoms with E-state index in [9.17, 15) is 9.18 Å². The second-order valence-corrected chi connectivity index (χ2v) is 4.74. The van der Waals surface area contributed by atoms with Crippen LogP contribution in [0.15, 0.2) is 27.9 Å². The molecule has 2 heterocycles. The predicted octanol–water partition coefficient (Wildman–Crippen LogP) is 1.77. The molecule has 0 radical (unpaired) electrons. The van der Waals surface area contributed by atoms with E-state index >= 15 is 0 Å². The van der Waals surface area contributed by atoms with Gasteiger partial charge >= 0.3 is 0 Å². The highest BCUT2D eigenvalue weighted by Gasteiger charge is 2.39. The van der Waals surface area contributed by atoms with Crippen molar-refractivity contribution < 1.29 is 9.18 Å². The zero-order valence-electron chi connectivity index (χ0n) is 9.62. The van der Waals surface area contributed by atoms with Crippen LogP contribution in [0.25, 0.3) is 10.4 Å². The third-order valence-corrected chi connectivity index (χ3v) is 3.12. The van der Waals surface area contributed by atoms with Gasteiger partial charge in [-0.1, -0.05) is 11.2 Å². The summed E-state index contributed by atoms with van der Waals surface area (Å²) in [7, 11) is 0. The summed E-state index contributed by atoms with van der Waals surface area (Å²) in [5.41, 5.74) is 8.38. The number of carbonyl (C=O) groups excluding carboxylic acids is 1. The summed E-state index contributed by atoms with van der Waals surface area (Å²) >= 11 is 3.18. The summed E-state index contributed by atoms with van der Waals surface area (Å²) in [5.74, 6) is -0.147. The molecule has 1 aromatic heterocycles. The van der Waals surface area contributed by atoms with E-state index < -0.39 is 24.2 Å². The van der Waals surface area contributed by atoms with Crippen LogP contribution in [-0.2, 0) is 4.79 Å². The number of azide groups is 1. The first-order valence-corrected chi connectivity index (χ1v) is 6.26. The maximum atomic E-state index is 13.5. The van der Waals surface area contributed by atoms with Crippen LogP contribution in [0.4, 0.5) is 10.2 Å². The molecule has 19 heavy (non-hydrogen) atoms. The van der Waals surface area contributed by atoms with Gasteiger partial charge in [-0.2, -0.15) is 0 Å². The number of halogens is 2. The highest BCUT2D eigenvalue weighted by Crippen LogP contribution is 2.18. The number of rotatable bonds is 3. The molecule has 100 valence electrons. The zero-order valence-corrected chi connectivity index (χ0v) is 11.2. The zero-order chi connectivity index (χ0) is 13.8. The number of aromatic nitrogens is 1. The molecule has 2 N–H and O–H groups in total. The van der Waals surface area contributed by atoms with E-state index in [1.807, 2.05) is 0 Å². The van der Waals surface area contributed by atoms with E-state index in [0.717, 1.165) is 0 Å². The fraction of sp³-hybridized carbons (Fsp3) is 0.400. The molecular formula is C10H10BrFN6O. The van der Waals surface area contributed by atoms with Crippen molar-refractivity contribution in [1.29, 1.82) is 0 Å². The SMILES string of the molecule is [N-]=[N+]=N[C@H]1[C@@H](C(=O)Nc2cccc(Br)n2)NC[C@@H]1F. The van der Waals surface area contributed by atoms with Gasteiger partial charge in [0.05, 0.1) is 12.1 Å². The Hall–Kier alpha value is -1.70. The highest BCUT2D eigenvalue weighted by molar-refractivity contribution is 9.10. The summed E-state index contributed by atoms with van der Waals surface area (Å²) in [4.78, 5) is 18.6. The Morgan fingerprint density at radius 2 is 2.47 bits per heavy atom. The number of alkyl halides is 1. The van der Waals surface area contributed by atoms with E-state index in [-0.39, 0.29) is 6.54 Å². The maximum absolute atomic E-state index is 13.5. The molecule has 0 saturated carbocycles. The Kier molecular flexibility index (Phi) is 4.31. The number of hydrogen-bond acceptors (Lipinski definition) is 4. The van der Waals surface area contributed by atoms with Gasteiger partial charge in [0.1, 0.15) is 16.6 Å². The molecule has 1 amide bonds. The largest absolute Gasteiger partial charge is 0.309 e. The third-order valence-electron chi connectivity index (χ3n) is 2.68. The molecule has 0 aromatic carbocycles. The van der Waals surface area contributed by atoms with Crippen LogP contribution in [-0.4, -0.2) is 35.7 Å². The summed E-state index contributed by atoms with van der Waals surface area (Å²) in [6, 6.07) is 3.08. The van der Waals surface area contributed by atoms with E-state index in [2.05, 4.69) is 41.6 Å². The van der Waals surface area contributed by atoms with Crippen molar-refractivity contribution in [2.75, 3.05) is 11.9 Å². The van der Waals surface area contributed by atoms with Crippen molar-refractivity contribution in [1.82, 2.24) is 10.3 Å². The minimum absolute atomic E-state index is 0.0202. The van der Waals surface area contributed by atoms with Crippen LogP contribution in [0, 0.1) is 0 Å². The Morgan fingerprint density at radius 1 is 1.68 bits per heavy atom. The van der Waals surface area contributed by atoms with Crippen LogP contribution < -0.4 is 10.6 Å². The first kappa shape index (κ1) is 13.7. The maximum Gasteiger partial charge on any atom is 0.243 e. The summed E-state index contributed by atoms with van der Waals surface area (Å²) in [6.07, 6.45) is -1.37. The number of nitrogens with one attached hydrogen (secondary N) is 2. The number of amides is 1. The van der Waals surface area contributed by atoms with Crippen molar-refractivity contribution in [3.05, 3.63) is 33.2 Å². The van der Waals surface area contributed by atoms with Gasteiger partial charge in [0.2, 0.25) is 5.91 Å². The fourth-order valence-electron chi connectivity index (χ4n) is 1.82. The number of anilines is 1. The third kappa shape index (κ3) is 3.19. The first-order valence-electron chi connectivity index (χ1n) is 5.47. The van der Waals surface area contributed by atoms with Crippen LogP contribution in [0.5, 0.6) is 0 Å². The van der Waals surface area contributed by atoms with Gasteiger partial charge in [-0.25, -0.2) is 9.37 Å². The quantitative estimate of drug-likeness (QED) is 0.382. The molecule has 2 rings (SSSR count). The Bertz CT molecular complexity index is 535. The number of hydrogen-bond donors (Lipinski definition) is 2. The number of pyridine rings is 1. The van der Waals surface area contributed by atoms with Gasteiger partial charge in [-0.05, 0) is 33.6 Å². The lowest BCUT2D eigenvalue weighted by molar-refractivity contribution is -0.118. The molecule has 1 aromatic rings. The van der Waals surface area contributed by atoms with Gasteiger partial charge in [0, 0.05) is 11.5 Å². The van der Waals surface area contributed by atoms with Crippen molar-refractivity contribution in [2.45, 2.75) is 18.3 Å². The standard InChI is InChI=1S/C10H10BrFN6O/c11-6-2-1-3-7(15-6)16-10(19)9-8(17-18-13)5(12)4-14-9/h1-3,5,8-9,14H,4H2,(H,15,16,19)/t5-,8+,9-/m0/s1. The molecule has 1 aliphatic heterocycles. The monoisotopic (exact) mass is 328 g/mol. The molecule has 7 nitrogen and oxygen atoms in total. The van der Waals surface area contributed by atoms with Crippen molar-refractivity contribution in [2.24, 2.45) is 5.11 Å².